The van der Waals surface area contributed by atoms with Gasteiger partial charge in [0.15, 0.2) is 0 Å². The van der Waals surface area contributed by atoms with Crippen LogP contribution in [0.3, 0.4) is 0 Å². The van der Waals surface area contributed by atoms with Crippen molar-refractivity contribution in [1.82, 2.24) is 5.32 Å². The SMILES string of the molecule is COc1ccc(CNC(=O)[C@@H]2CCOC2)cc1C(=O)O. The molecular formula is C14H17NO5. The minimum Gasteiger partial charge on any atom is -0.496 e. The van der Waals surface area contributed by atoms with E-state index in [1.807, 2.05) is 0 Å². The number of carbonyl (C=O) groups excluding carboxylic acids is 1. The fraction of sp³-hybridized carbons (Fsp3) is 0.429. The summed E-state index contributed by atoms with van der Waals surface area (Å²) in [6.45, 7) is 1.36. The van der Waals surface area contributed by atoms with Gasteiger partial charge in [0.2, 0.25) is 5.91 Å². The number of carbonyl (C=O) groups is 2. The average Bonchev–Trinajstić information content (AvgIpc) is 2.98. The topological polar surface area (TPSA) is 84.9 Å². The van der Waals surface area contributed by atoms with Crippen molar-refractivity contribution in [2.24, 2.45) is 5.92 Å². The van der Waals surface area contributed by atoms with Crippen molar-refractivity contribution in [2.75, 3.05) is 20.3 Å². The Balaban J connectivity index is 2.00. The maximum absolute atomic E-state index is 11.8. The Bertz CT molecular complexity index is 508. The van der Waals surface area contributed by atoms with Crippen LogP contribution in [0.15, 0.2) is 18.2 Å². The van der Waals surface area contributed by atoms with Crippen LogP contribution in [0.25, 0.3) is 0 Å². The Morgan fingerprint density at radius 2 is 2.30 bits per heavy atom. The van der Waals surface area contributed by atoms with Crippen LogP contribution in [0.2, 0.25) is 0 Å². The van der Waals surface area contributed by atoms with E-state index in [0.717, 1.165) is 12.0 Å². The summed E-state index contributed by atoms with van der Waals surface area (Å²) in [5.74, 6) is -0.918. The summed E-state index contributed by atoms with van der Waals surface area (Å²) in [6, 6.07) is 4.83. The first kappa shape index (κ1) is 14.3. The van der Waals surface area contributed by atoms with Gasteiger partial charge < -0.3 is 19.9 Å². The second-order valence-electron chi connectivity index (χ2n) is 4.62. The molecule has 1 aliphatic rings. The molecule has 2 rings (SSSR count). The van der Waals surface area contributed by atoms with Crippen molar-refractivity contribution < 1.29 is 24.2 Å². The second-order valence-corrected chi connectivity index (χ2v) is 4.62. The number of benzene rings is 1. The summed E-state index contributed by atoms with van der Waals surface area (Å²) in [7, 11) is 1.42. The highest BCUT2D eigenvalue weighted by molar-refractivity contribution is 5.91. The molecule has 2 N–H and O–H groups in total. The van der Waals surface area contributed by atoms with E-state index in [0.29, 0.717) is 25.5 Å². The molecule has 1 aromatic carbocycles. The van der Waals surface area contributed by atoms with Gasteiger partial charge in [0.25, 0.3) is 0 Å². The largest absolute Gasteiger partial charge is 0.496 e. The monoisotopic (exact) mass is 279 g/mol. The molecule has 20 heavy (non-hydrogen) atoms. The van der Waals surface area contributed by atoms with E-state index < -0.39 is 5.97 Å². The molecular weight excluding hydrogens is 262 g/mol. The number of hydrogen-bond acceptors (Lipinski definition) is 4. The van der Waals surface area contributed by atoms with Crippen LogP contribution >= 0.6 is 0 Å². The lowest BCUT2D eigenvalue weighted by atomic mass is 10.1. The lowest BCUT2D eigenvalue weighted by Crippen LogP contribution is -2.30. The van der Waals surface area contributed by atoms with Crippen LogP contribution in [0, 0.1) is 5.92 Å². The predicted octanol–water partition coefficient (Wildman–Crippen LogP) is 1.05. The van der Waals surface area contributed by atoms with Crippen LogP contribution in [-0.2, 0) is 16.1 Å². The van der Waals surface area contributed by atoms with Gasteiger partial charge >= 0.3 is 5.97 Å². The first-order chi connectivity index (χ1) is 9.61. The highest BCUT2D eigenvalue weighted by atomic mass is 16.5. The van der Waals surface area contributed by atoms with Gasteiger partial charge in [-0.25, -0.2) is 4.79 Å². The van der Waals surface area contributed by atoms with Gasteiger partial charge in [0.05, 0.1) is 19.6 Å². The zero-order valence-corrected chi connectivity index (χ0v) is 11.2. The number of hydrogen-bond donors (Lipinski definition) is 2. The smallest absolute Gasteiger partial charge is 0.339 e. The molecule has 108 valence electrons. The molecule has 1 aliphatic heterocycles. The predicted molar refractivity (Wildman–Crippen MR) is 70.7 cm³/mol. The fourth-order valence-electron chi connectivity index (χ4n) is 2.11. The molecule has 0 spiro atoms. The molecule has 0 saturated carbocycles. The summed E-state index contributed by atoms with van der Waals surface area (Å²) >= 11 is 0. The van der Waals surface area contributed by atoms with Crippen molar-refractivity contribution in [1.29, 1.82) is 0 Å². The summed E-state index contributed by atoms with van der Waals surface area (Å²) in [6.07, 6.45) is 0.731. The summed E-state index contributed by atoms with van der Waals surface area (Å²) < 4.78 is 10.1. The van der Waals surface area contributed by atoms with E-state index in [-0.39, 0.29) is 17.4 Å². The van der Waals surface area contributed by atoms with Gasteiger partial charge in [-0.3, -0.25) is 4.79 Å². The minimum absolute atomic E-state index is 0.0600. The van der Waals surface area contributed by atoms with Gasteiger partial charge in [-0.2, -0.15) is 0 Å². The number of carboxylic acid groups (broad SMARTS) is 1. The molecule has 6 nitrogen and oxygen atoms in total. The van der Waals surface area contributed by atoms with E-state index >= 15 is 0 Å². The molecule has 0 aliphatic carbocycles. The lowest BCUT2D eigenvalue weighted by Gasteiger charge is -2.11. The third kappa shape index (κ3) is 3.27. The third-order valence-electron chi connectivity index (χ3n) is 3.26. The van der Waals surface area contributed by atoms with Crippen LogP contribution in [0.5, 0.6) is 5.75 Å². The van der Waals surface area contributed by atoms with E-state index in [2.05, 4.69) is 5.32 Å². The van der Waals surface area contributed by atoms with Crippen molar-refractivity contribution >= 4 is 11.9 Å². The Kier molecular flexibility index (Phi) is 4.57. The molecule has 0 unspecified atom stereocenters. The molecule has 1 fully saturated rings. The standard InChI is InChI=1S/C14H17NO5/c1-19-12-3-2-9(6-11(12)14(17)18)7-15-13(16)10-4-5-20-8-10/h2-3,6,10H,4-5,7-8H2,1H3,(H,15,16)(H,17,18)/t10-/m1/s1. The number of ether oxygens (including phenoxy) is 2. The first-order valence-corrected chi connectivity index (χ1v) is 6.37. The van der Waals surface area contributed by atoms with E-state index in [1.165, 1.54) is 13.2 Å². The zero-order chi connectivity index (χ0) is 14.5. The Labute approximate surface area is 116 Å². The van der Waals surface area contributed by atoms with Crippen LogP contribution in [-0.4, -0.2) is 37.3 Å². The molecule has 1 heterocycles. The number of carboxylic acids is 1. The van der Waals surface area contributed by atoms with Crippen molar-refractivity contribution in [3.8, 4) is 5.75 Å². The zero-order valence-electron chi connectivity index (χ0n) is 11.2. The molecule has 6 heteroatoms. The van der Waals surface area contributed by atoms with Gasteiger partial charge in [-0.15, -0.1) is 0 Å². The van der Waals surface area contributed by atoms with E-state index in [4.69, 9.17) is 14.6 Å². The Hall–Kier alpha value is -2.08. The third-order valence-corrected chi connectivity index (χ3v) is 3.26. The van der Waals surface area contributed by atoms with Gasteiger partial charge in [-0.05, 0) is 24.1 Å². The summed E-state index contributed by atoms with van der Waals surface area (Å²) in [5, 5.41) is 11.9. The molecule has 0 bridgehead atoms. The fourth-order valence-corrected chi connectivity index (χ4v) is 2.11. The molecule has 0 radical (unpaired) electrons. The van der Waals surface area contributed by atoms with Gasteiger partial charge in [0.1, 0.15) is 11.3 Å². The molecule has 1 aromatic rings. The maximum atomic E-state index is 11.8. The molecule has 1 amide bonds. The van der Waals surface area contributed by atoms with Crippen LogP contribution < -0.4 is 10.1 Å². The number of amides is 1. The maximum Gasteiger partial charge on any atom is 0.339 e. The van der Waals surface area contributed by atoms with E-state index in [9.17, 15) is 9.59 Å². The van der Waals surface area contributed by atoms with Crippen molar-refractivity contribution in [3.05, 3.63) is 29.3 Å². The van der Waals surface area contributed by atoms with Crippen molar-refractivity contribution in [2.45, 2.75) is 13.0 Å². The first-order valence-electron chi connectivity index (χ1n) is 6.37. The van der Waals surface area contributed by atoms with Crippen molar-refractivity contribution in [3.63, 3.8) is 0 Å². The molecule has 1 atom stereocenters. The van der Waals surface area contributed by atoms with E-state index in [1.54, 1.807) is 12.1 Å². The molecule has 1 saturated heterocycles. The summed E-state index contributed by atoms with van der Waals surface area (Å²) in [5.41, 5.74) is 0.805. The lowest BCUT2D eigenvalue weighted by molar-refractivity contribution is -0.125. The average molecular weight is 279 g/mol. The Morgan fingerprint density at radius 1 is 1.50 bits per heavy atom. The highest BCUT2D eigenvalue weighted by Crippen LogP contribution is 2.20. The normalized spacial score (nSPS) is 17.8. The second kappa shape index (κ2) is 6.38. The quantitative estimate of drug-likeness (QED) is 0.841. The number of aromatic carboxylic acids is 1. The Morgan fingerprint density at radius 3 is 2.90 bits per heavy atom. The highest BCUT2D eigenvalue weighted by Gasteiger charge is 2.23. The molecule has 0 aromatic heterocycles. The number of nitrogens with one attached hydrogen (secondary N) is 1. The van der Waals surface area contributed by atoms with Gasteiger partial charge in [0, 0.05) is 13.2 Å². The van der Waals surface area contributed by atoms with Crippen LogP contribution in [0.4, 0.5) is 0 Å². The number of rotatable bonds is 5. The summed E-state index contributed by atoms with van der Waals surface area (Å²) in [4.78, 5) is 22.9. The van der Waals surface area contributed by atoms with Gasteiger partial charge in [-0.1, -0.05) is 6.07 Å². The number of methoxy groups -OCH3 is 1. The minimum atomic E-state index is -1.06. The van der Waals surface area contributed by atoms with Crippen LogP contribution in [0.1, 0.15) is 22.3 Å².